The molecule has 2 aliphatic heterocycles. The highest BCUT2D eigenvalue weighted by atomic mass is 16.5. The van der Waals surface area contributed by atoms with Crippen LogP contribution in [0.1, 0.15) is 48.0 Å². The van der Waals surface area contributed by atoms with Crippen LogP contribution in [0.3, 0.4) is 0 Å². The van der Waals surface area contributed by atoms with Gasteiger partial charge in [-0.15, -0.1) is 6.58 Å². The maximum absolute atomic E-state index is 13.8. The fourth-order valence-corrected chi connectivity index (χ4v) is 5.28. The van der Waals surface area contributed by atoms with E-state index in [-0.39, 0.29) is 11.9 Å². The summed E-state index contributed by atoms with van der Waals surface area (Å²) in [4.78, 5) is 29.9. The summed E-state index contributed by atoms with van der Waals surface area (Å²) in [6, 6.07) is 10.5. The molecular weight excluding hydrogens is 414 g/mol. The number of anilines is 2. The molecule has 1 saturated carbocycles. The number of aromatic nitrogens is 2. The fourth-order valence-electron chi connectivity index (χ4n) is 5.28. The Hall–Kier alpha value is -2.93. The summed E-state index contributed by atoms with van der Waals surface area (Å²) in [7, 11) is 0. The number of amides is 1. The maximum atomic E-state index is 13.8. The molecule has 7 nitrogen and oxygen atoms in total. The van der Waals surface area contributed by atoms with Crippen molar-refractivity contribution in [3.63, 3.8) is 0 Å². The van der Waals surface area contributed by atoms with Gasteiger partial charge in [-0.1, -0.05) is 55.7 Å². The van der Waals surface area contributed by atoms with Gasteiger partial charge in [0.1, 0.15) is 11.4 Å². The average molecular weight is 448 g/mol. The van der Waals surface area contributed by atoms with Crippen molar-refractivity contribution in [1.29, 1.82) is 0 Å². The van der Waals surface area contributed by atoms with Crippen molar-refractivity contribution in [2.75, 3.05) is 42.6 Å². The zero-order valence-corrected chi connectivity index (χ0v) is 19.2. The Morgan fingerprint density at radius 2 is 1.85 bits per heavy atom. The van der Waals surface area contributed by atoms with Crippen molar-refractivity contribution in [2.45, 2.75) is 50.7 Å². The molecule has 1 atom stereocenters. The molecule has 0 radical (unpaired) electrons. The van der Waals surface area contributed by atoms with Gasteiger partial charge in [-0.05, 0) is 18.4 Å². The van der Waals surface area contributed by atoms with E-state index in [1.807, 2.05) is 29.2 Å². The molecule has 0 N–H and O–H groups in total. The number of benzene rings is 1. The molecule has 2 fully saturated rings. The lowest BCUT2D eigenvalue weighted by atomic mass is 9.93. The minimum Gasteiger partial charge on any atom is -0.378 e. The zero-order valence-electron chi connectivity index (χ0n) is 19.2. The second kappa shape index (κ2) is 9.91. The lowest BCUT2D eigenvalue weighted by molar-refractivity contribution is 0.0745. The van der Waals surface area contributed by atoms with Gasteiger partial charge in [0.05, 0.1) is 19.3 Å². The average Bonchev–Trinajstić information content (AvgIpc) is 2.99. The normalized spacial score (nSPS) is 22.1. The van der Waals surface area contributed by atoms with Crippen LogP contribution in [0.5, 0.6) is 0 Å². The Kier molecular flexibility index (Phi) is 6.58. The number of hydrogen-bond donors (Lipinski definition) is 0. The lowest BCUT2D eigenvalue weighted by Crippen LogP contribution is -2.48. The first kappa shape index (κ1) is 21.9. The van der Waals surface area contributed by atoms with Crippen LogP contribution in [0.4, 0.5) is 11.8 Å². The number of hydrogen-bond acceptors (Lipinski definition) is 6. The monoisotopic (exact) mass is 447 g/mol. The summed E-state index contributed by atoms with van der Waals surface area (Å²) in [5.41, 5.74) is 1.71. The number of fused-ring (bicyclic) bond motifs is 1. The highest BCUT2D eigenvalue weighted by Crippen LogP contribution is 2.35. The van der Waals surface area contributed by atoms with Crippen molar-refractivity contribution in [3.8, 4) is 0 Å². The minimum atomic E-state index is -0.00691. The first-order chi connectivity index (χ1) is 16.2. The van der Waals surface area contributed by atoms with Crippen LogP contribution in [0, 0.1) is 0 Å². The third-order valence-electron chi connectivity index (χ3n) is 7.03. The molecular formula is C26H33N5O2. The van der Waals surface area contributed by atoms with E-state index >= 15 is 0 Å². The van der Waals surface area contributed by atoms with Crippen molar-refractivity contribution in [3.05, 3.63) is 60.3 Å². The van der Waals surface area contributed by atoms with Crippen molar-refractivity contribution in [2.24, 2.45) is 0 Å². The van der Waals surface area contributed by atoms with E-state index in [1.165, 1.54) is 19.3 Å². The number of morpholine rings is 1. The molecule has 1 aromatic heterocycles. The topological polar surface area (TPSA) is 61.8 Å². The van der Waals surface area contributed by atoms with Crippen LogP contribution in [0.2, 0.25) is 0 Å². The molecule has 1 aliphatic carbocycles. The standard InChI is InChI=1S/C26H33N5O2/c1-2-21-19-30(18-20-9-5-3-6-10-20)25(32)23-17-27-26(29-13-15-33-16-14-29)28-24(23)31(21)22-11-7-4-8-12-22/h2-3,5-6,9-10,17,21-22H,1,4,7-8,11-16,18-19H2/t21-/m0/s1. The largest absolute Gasteiger partial charge is 0.378 e. The molecule has 33 heavy (non-hydrogen) atoms. The summed E-state index contributed by atoms with van der Waals surface area (Å²) >= 11 is 0. The van der Waals surface area contributed by atoms with Crippen LogP contribution in [-0.2, 0) is 11.3 Å². The van der Waals surface area contributed by atoms with E-state index in [4.69, 9.17) is 9.72 Å². The van der Waals surface area contributed by atoms with E-state index in [0.717, 1.165) is 37.3 Å². The molecule has 1 saturated heterocycles. The second-order valence-corrected chi connectivity index (χ2v) is 9.18. The highest BCUT2D eigenvalue weighted by molar-refractivity contribution is 5.99. The number of carbonyl (C=O) groups is 1. The number of carbonyl (C=O) groups excluding carboxylic acids is 1. The number of nitrogens with zero attached hydrogens (tertiary/aromatic N) is 5. The Labute approximate surface area is 196 Å². The Balaban J connectivity index is 1.55. The summed E-state index contributed by atoms with van der Waals surface area (Å²) in [6.07, 6.45) is 9.67. The van der Waals surface area contributed by atoms with E-state index < -0.39 is 0 Å². The Morgan fingerprint density at radius 3 is 2.58 bits per heavy atom. The van der Waals surface area contributed by atoms with Gasteiger partial charge in [0.15, 0.2) is 0 Å². The van der Waals surface area contributed by atoms with Crippen LogP contribution in [0.25, 0.3) is 0 Å². The van der Waals surface area contributed by atoms with E-state index in [0.29, 0.717) is 43.9 Å². The van der Waals surface area contributed by atoms with Crippen molar-refractivity contribution in [1.82, 2.24) is 14.9 Å². The predicted molar refractivity (Wildman–Crippen MR) is 130 cm³/mol. The highest BCUT2D eigenvalue weighted by Gasteiger charge is 2.37. The van der Waals surface area contributed by atoms with Gasteiger partial charge in [-0.2, -0.15) is 4.98 Å². The minimum absolute atomic E-state index is 0.00691. The molecule has 0 unspecified atom stereocenters. The smallest absolute Gasteiger partial charge is 0.259 e. The number of ether oxygens (including phenoxy) is 1. The molecule has 1 amide bonds. The molecule has 2 aromatic rings. The van der Waals surface area contributed by atoms with Crippen LogP contribution < -0.4 is 9.80 Å². The third-order valence-corrected chi connectivity index (χ3v) is 7.03. The molecule has 174 valence electrons. The van der Waals surface area contributed by atoms with Crippen LogP contribution in [-0.4, -0.2) is 65.7 Å². The van der Waals surface area contributed by atoms with E-state index in [1.54, 1.807) is 6.20 Å². The number of rotatable bonds is 5. The summed E-state index contributed by atoms with van der Waals surface area (Å²) in [5, 5.41) is 0. The van der Waals surface area contributed by atoms with Gasteiger partial charge in [0.25, 0.3) is 5.91 Å². The van der Waals surface area contributed by atoms with Crippen molar-refractivity contribution < 1.29 is 9.53 Å². The van der Waals surface area contributed by atoms with Crippen LogP contribution in [0.15, 0.2) is 49.2 Å². The first-order valence-corrected chi connectivity index (χ1v) is 12.2. The maximum Gasteiger partial charge on any atom is 0.259 e. The summed E-state index contributed by atoms with van der Waals surface area (Å²) in [6.45, 7) is 8.20. The van der Waals surface area contributed by atoms with E-state index in [2.05, 4.69) is 33.5 Å². The molecule has 7 heteroatoms. The summed E-state index contributed by atoms with van der Waals surface area (Å²) in [5.74, 6) is 1.45. The van der Waals surface area contributed by atoms with Gasteiger partial charge in [-0.25, -0.2) is 4.98 Å². The van der Waals surface area contributed by atoms with Gasteiger partial charge in [0.2, 0.25) is 5.95 Å². The quantitative estimate of drug-likeness (QED) is 0.652. The molecule has 1 aromatic carbocycles. The van der Waals surface area contributed by atoms with Crippen LogP contribution >= 0.6 is 0 Å². The van der Waals surface area contributed by atoms with Crippen molar-refractivity contribution >= 4 is 17.7 Å². The van der Waals surface area contributed by atoms with E-state index in [9.17, 15) is 4.79 Å². The first-order valence-electron chi connectivity index (χ1n) is 12.2. The molecule has 3 heterocycles. The molecule has 0 spiro atoms. The summed E-state index contributed by atoms with van der Waals surface area (Å²) < 4.78 is 5.51. The Morgan fingerprint density at radius 1 is 1.09 bits per heavy atom. The Bertz CT molecular complexity index is 970. The lowest BCUT2D eigenvalue weighted by Gasteiger charge is -2.40. The predicted octanol–water partition coefficient (Wildman–Crippen LogP) is 3.66. The fraction of sp³-hybridized carbons (Fsp3) is 0.500. The van der Waals surface area contributed by atoms with Gasteiger partial charge < -0.3 is 19.4 Å². The molecule has 5 rings (SSSR count). The second-order valence-electron chi connectivity index (χ2n) is 9.18. The zero-order chi connectivity index (χ0) is 22.6. The molecule has 3 aliphatic rings. The van der Waals surface area contributed by atoms with Gasteiger partial charge in [0, 0.05) is 38.4 Å². The van der Waals surface area contributed by atoms with Gasteiger partial charge >= 0.3 is 0 Å². The SMILES string of the molecule is C=C[C@H]1CN(Cc2ccccc2)C(=O)c2cnc(N3CCOCC3)nc2N1C1CCCCC1. The molecule has 0 bridgehead atoms. The van der Waals surface area contributed by atoms with Gasteiger partial charge in [-0.3, -0.25) is 4.79 Å². The third kappa shape index (κ3) is 4.60.